The summed E-state index contributed by atoms with van der Waals surface area (Å²) < 4.78 is 0. The van der Waals surface area contributed by atoms with Crippen LogP contribution in [0.2, 0.25) is 0 Å². The zero-order valence-corrected chi connectivity index (χ0v) is 11.8. The second-order valence-electron chi connectivity index (χ2n) is 5.65. The van der Waals surface area contributed by atoms with Gasteiger partial charge in [-0.05, 0) is 39.0 Å². The van der Waals surface area contributed by atoms with Gasteiger partial charge in [-0.3, -0.25) is 4.79 Å². The first kappa shape index (κ1) is 15.4. The maximum atomic E-state index is 12.3. The van der Waals surface area contributed by atoms with E-state index in [9.17, 15) is 4.79 Å². The molecule has 2 unspecified atom stereocenters. The third kappa shape index (κ3) is 4.58. The number of carbonyl (C=O) groups excluding carboxylic acids is 1. The number of nitrogens with zero attached hydrogens (tertiary/aromatic N) is 1. The average molecular weight is 256 g/mol. The van der Waals surface area contributed by atoms with Crippen molar-refractivity contribution in [3.63, 3.8) is 0 Å². The molecule has 0 aromatic carbocycles. The van der Waals surface area contributed by atoms with Crippen LogP contribution in [0, 0.1) is 5.92 Å². The van der Waals surface area contributed by atoms with Gasteiger partial charge < -0.3 is 15.7 Å². The monoisotopic (exact) mass is 256 g/mol. The van der Waals surface area contributed by atoms with Gasteiger partial charge in [0.05, 0.1) is 6.61 Å². The molecule has 1 aliphatic rings. The smallest absolute Gasteiger partial charge is 0.225 e. The molecule has 18 heavy (non-hydrogen) atoms. The van der Waals surface area contributed by atoms with Crippen molar-refractivity contribution in [1.29, 1.82) is 0 Å². The highest BCUT2D eigenvalue weighted by atomic mass is 16.3. The van der Waals surface area contributed by atoms with Gasteiger partial charge in [0.25, 0.3) is 0 Å². The quantitative estimate of drug-likeness (QED) is 0.692. The van der Waals surface area contributed by atoms with Crippen LogP contribution in [-0.4, -0.2) is 41.1 Å². The van der Waals surface area contributed by atoms with E-state index < -0.39 is 0 Å². The summed E-state index contributed by atoms with van der Waals surface area (Å²) in [6.07, 6.45) is 6.27. The highest BCUT2D eigenvalue weighted by Gasteiger charge is 2.30. The second kappa shape index (κ2) is 7.74. The summed E-state index contributed by atoms with van der Waals surface area (Å²) in [5, 5.41) is 9.07. The van der Waals surface area contributed by atoms with E-state index in [4.69, 9.17) is 10.8 Å². The fraction of sp³-hybridized carbons (Fsp3) is 0.929. The standard InChI is InChI=1S/C14H28N2O2/c1-11(5-3-6-12(2)15)14(18)16(9-10-17)13-7-4-8-13/h11-13,17H,3-10,15H2,1-2H3. The van der Waals surface area contributed by atoms with Gasteiger partial charge >= 0.3 is 0 Å². The minimum Gasteiger partial charge on any atom is -0.395 e. The summed E-state index contributed by atoms with van der Waals surface area (Å²) in [6.45, 7) is 4.54. The molecule has 1 aliphatic carbocycles. The maximum Gasteiger partial charge on any atom is 0.225 e. The van der Waals surface area contributed by atoms with Crippen LogP contribution in [0.5, 0.6) is 0 Å². The first-order valence-corrected chi connectivity index (χ1v) is 7.23. The van der Waals surface area contributed by atoms with E-state index in [2.05, 4.69) is 0 Å². The summed E-state index contributed by atoms with van der Waals surface area (Å²) in [7, 11) is 0. The van der Waals surface area contributed by atoms with Crippen LogP contribution < -0.4 is 5.73 Å². The molecule has 2 atom stereocenters. The van der Waals surface area contributed by atoms with Gasteiger partial charge in [0.2, 0.25) is 5.91 Å². The number of aliphatic hydroxyl groups is 1. The number of hydrogen-bond acceptors (Lipinski definition) is 3. The number of hydrogen-bond donors (Lipinski definition) is 2. The molecule has 1 saturated carbocycles. The molecule has 1 amide bonds. The van der Waals surface area contributed by atoms with Crippen molar-refractivity contribution in [2.24, 2.45) is 11.7 Å². The van der Waals surface area contributed by atoms with Gasteiger partial charge in [-0.2, -0.15) is 0 Å². The predicted octanol–water partition coefficient (Wildman–Crippen LogP) is 1.51. The Hall–Kier alpha value is -0.610. The molecule has 4 heteroatoms. The molecular formula is C14H28N2O2. The van der Waals surface area contributed by atoms with E-state index in [0.29, 0.717) is 12.6 Å². The van der Waals surface area contributed by atoms with E-state index in [1.54, 1.807) is 0 Å². The maximum absolute atomic E-state index is 12.3. The summed E-state index contributed by atoms with van der Waals surface area (Å²) >= 11 is 0. The largest absolute Gasteiger partial charge is 0.395 e. The lowest BCUT2D eigenvalue weighted by atomic mass is 9.90. The highest BCUT2D eigenvalue weighted by molar-refractivity contribution is 5.78. The lowest BCUT2D eigenvalue weighted by Crippen LogP contribution is -2.47. The number of rotatable bonds is 8. The third-order valence-corrected chi connectivity index (χ3v) is 3.86. The Bertz CT molecular complexity index is 252. The van der Waals surface area contributed by atoms with Crippen LogP contribution in [0.15, 0.2) is 0 Å². The van der Waals surface area contributed by atoms with Crippen LogP contribution in [0.1, 0.15) is 52.4 Å². The molecular weight excluding hydrogens is 228 g/mol. The van der Waals surface area contributed by atoms with Crippen molar-refractivity contribution in [3.05, 3.63) is 0 Å². The first-order chi connectivity index (χ1) is 8.56. The minimum atomic E-state index is 0.0518. The normalized spacial score (nSPS) is 19.1. The Morgan fingerprint density at radius 3 is 2.50 bits per heavy atom. The lowest BCUT2D eigenvalue weighted by Gasteiger charge is -2.38. The zero-order valence-electron chi connectivity index (χ0n) is 11.8. The Balaban J connectivity index is 2.38. The van der Waals surface area contributed by atoms with E-state index >= 15 is 0 Å². The van der Waals surface area contributed by atoms with Crippen molar-refractivity contribution in [1.82, 2.24) is 4.90 Å². The minimum absolute atomic E-state index is 0.0518. The molecule has 1 fully saturated rings. The molecule has 0 spiro atoms. The van der Waals surface area contributed by atoms with Gasteiger partial charge in [-0.25, -0.2) is 0 Å². The van der Waals surface area contributed by atoms with Crippen molar-refractivity contribution in [3.8, 4) is 0 Å². The van der Waals surface area contributed by atoms with Crippen LogP contribution >= 0.6 is 0 Å². The van der Waals surface area contributed by atoms with Gasteiger partial charge in [0.1, 0.15) is 0 Å². The Morgan fingerprint density at radius 2 is 2.06 bits per heavy atom. The molecule has 1 rings (SSSR count). The molecule has 0 heterocycles. The van der Waals surface area contributed by atoms with Crippen molar-refractivity contribution in [2.75, 3.05) is 13.2 Å². The van der Waals surface area contributed by atoms with Gasteiger partial charge in [0.15, 0.2) is 0 Å². The summed E-state index contributed by atoms with van der Waals surface area (Å²) in [6, 6.07) is 0.591. The lowest BCUT2D eigenvalue weighted by molar-refractivity contribution is -0.140. The first-order valence-electron chi connectivity index (χ1n) is 7.23. The van der Waals surface area contributed by atoms with Gasteiger partial charge in [0, 0.05) is 24.5 Å². The Labute approximate surface area is 111 Å². The number of aliphatic hydroxyl groups excluding tert-OH is 1. The van der Waals surface area contributed by atoms with Crippen LogP contribution in [0.4, 0.5) is 0 Å². The molecule has 0 radical (unpaired) electrons. The summed E-state index contributed by atoms with van der Waals surface area (Å²) in [4.78, 5) is 14.2. The molecule has 0 aromatic rings. The Kier molecular flexibility index (Phi) is 6.65. The van der Waals surface area contributed by atoms with E-state index in [1.807, 2.05) is 18.7 Å². The molecule has 0 bridgehead atoms. The average Bonchev–Trinajstić information content (AvgIpc) is 2.24. The van der Waals surface area contributed by atoms with Gasteiger partial charge in [-0.15, -0.1) is 0 Å². The van der Waals surface area contributed by atoms with Crippen molar-refractivity contribution >= 4 is 5.91 Å². The fourth-order valence-corrected chi connectivity index (χ4v) is 2.43. The highest BCUT2D eigenvalue weighted by Crippen LogP contribution is 2.26. The van der Waals surface area contributed by atoms with Crippen molar-refractivity contribution < 1.29 is 9.90 Å². The topological polar surface area (TPSA) is 66.6 Å². The summed E-state index contributed by atoms with van der Waals surface area (Å²) in [5.41, 5.74) is 5.71. The molecule has 3 N–H and O–H groups in total. The number of amides is 1. The summed E-state index contributed by atoms with van der Waals surface area (Å²) in [5.74, 6) is 0.259. The van der Waals surface area contributed by atoms with Crippen LogP contribution in [0.3, 0.4) is 0 Å². The van der Waals surface area contributed by atoms with E-state index in [-0.39, 0.29) is 24.5 Å². The van der Waals surface area contributed by atoms with Crippen molar-refractivity contribution in [2.45, 2.75) is 64.5 Å². The molecule has 0 aliphatic heterocycles. The predicted molar refractivity (Wildman–Crippen MR) is 73.1 cm³/mol. The molecule has 4 nitrogen and oxygen atoms in total. The van der Waals surface area contributed by atoms with E-state index in [1.165, 1.54) is 6.42 Å². The fourth-order valence-electron chi connectivity index (χ4n) is 2.43. The molecule has 106 valence electrons. The SMILES string of the molecule is CC(N)CCCC(C)C(=O)N(CCO)C1CCC1. The third-order valence-electron chi connectivity index (χ3n) is 3.86. The van der Waals surface area contributed by atoms with Gasteiger partial charge in [-0.1, -0.05) is 13.3 Å². The molecule has 0 aromatic heterocycles. The number of nitrogens with two attached hydrogens (primary N) is 1. The van der Waals surface area contributed by atoms with Crippen LogP contribution in [-0.2, 0) is 4.79 Å². The second-order valence-corrected chi connectivity index (χ2v) is 5.65. The molecule has 0 saturated heterocycles. The number of carbonyl (C=O) groups is 1. The van der Waals surface area contributed by atoms with Crippen LogP contribution in [0.25, 0.3) is 0 Å². The zero-order chi connectivity index (χ0) is 13.5. The Morgan fingerprint density at radius 1 is 1.39 bits per heavy atom. The van der Waals surface area contributed by atoms with E-state index in [0.717, 1.165) is 32.1 Å².